The molecule has 114 valence electrons. The van der Waals surface area contributed by atoms with Gasteiger partial charge in [-0.25, -0.2) is 0 Å². The summed E-state index contributed by atoms with van der Waals surface area (Å²) in [5.41, 5.74) is 1.16. The molecule has 0 aliphatic carbocycles. The van der Waals surface area contributed by atoms with E-state index in [4.69, 9.17) is 0 Å². The Balaban J connectivity index is 2.45. The predicted octanol–water partition coefficient (Wildman–Crippen LogP) is 1.86. The Kier molecular flexibility index (Phi) is 6.05. The summed E-state index contributed by atoms with van der Waals surface area (Å²) < 4.78 is 0.752. The highest BCUT2D eigenvalue weighted by molar-refractivity contribution is 5.86. The van der Waals surface area contributed by atoms with E-state index in [1.54, 1.807) is 12.1 Å². The molecular weight excluding hydrogens is 270 g/mol. The molecule has 0 saturated carbocycles. The molecule has 0 aromatic heterocycles. The second kappa shape index (κ2) is 7.54. The molecule has 0 fully saturated rings. The number of carbonyl (C=O) groups excluding carboxylic acids is 1. The van der Waals surface area contributed by atoms with Crippen LogP contribution in [0, 0.1) is 10.1 Å². The van der Waals surface area contributed by atoms with E-state index >= 15 is 0 Å². The highest BCUT2D eigenvalue weighted by Gasteiger charge is 2.16. The number of non-ortho nitro benzene ring substituents is 1. The summed E-state index contributed by atoms with van der Waals surface area (Å²) in [5.74, 6) is -0.157. The van der Waals surface area contributed by atoms with Crippen LogP contribution in [0.4, 0.5) is 5.69 Å². The van der Waals surface area contributed by atoms with E-state index in [9.17, 15) is 14.9 Å². The van der Waals surface area contributed by atoms with Gasteiger partial charge in [0.1, 0.15) is 6.54 Å². The van der Waals surface area contributed by atoms with Crippen LogP contribution in [0.5, 0.6) is 0 Å². The van der Waals surface area contributed by atoms with Crippen LogP contribution < -0.4 is 5.32 Å². The number of quaternary nitrogens is 1. The van der Waals surface area contributed by atoms with Gasteiger partial charge in [0.15, 0.2) is 0 Å². The maximum atomic E-state index is 11.0. The first kappa shape index (κ1) is 16.8. The smallest absolute Gasteiger partial charge is 0.269 e. The van der Waals surface area contributed by atoms with Crippen LogP contribution in [0.2, 0.25) is 0 Å². The number of amides is 1. The van der Waals surface area contributed by atoms with Crippen molar-refractivity contribution in [3.05, 3.63) is 52.6 Å². The quantitative estimate of drug-likeness (QED) is 0.261. The summed E-state index contributed by atoms with van der Waals surface area (Å²) >= 11 is 0. The lowest BCUT2D eigenvalue weighted by Gasteiger charge is -2.30. The fraction of sp³-hybridized carbons (Fsp3) is 0.400. The summed E-state index contributed by atoms with van der Waals surface area (Å²) in [6, 6.07) is 6.63. The van der Waals surface area contributed by atoms with Gasteiger partial charge in [0.25, 0.3) is 5.69 Å². The van der Waals surface area contributed by atoms with Gasteiger partial charge in [-0.2, -0.15) is 0 Å². The average molecular weight is 292 g/mol. The van der Waals surface area contributed by atoms with Gasteiger partial charge >= 0.3 is 0 Å². The van der Waals surface area contributed by atoms with Gasteiger partial charge in [-0.05, 0) is 18.2 Å². The Morgan fingerprint density at radius 1 is 1.38 bits per heavy atom. The van der Waals surface area contributed by atoms with Crippen LogP contribution in [0.15, 0.2) is 36.9 Å². The second-order valence-corrected chi connectivity index (χ2v) is 5.59. The zero-order chi connectivity index (χ0) is 15.9. The zero-order valence-corrected chi connectivity index (χ0v) is 12.5. The summed E-state index contributed by atoms with van der Waals surface area (Å²) in [6.07, 6.45) is 2.12. The maximum absolute atomic E-state index is 11.0. The number of benzene rings is 1. The first-order valence-electron chi connectivity index (χ1n) is 6.80. The molecule has 0 aliphatic rings. The first-order chi connectivity index (χ1) is 9.84. The van der Waals surface area contributed by atoms with Crippen molar-refractivity contribution in [2.75, 3.05) is 27.2 Å². The molecule has 6 nitrogen and oxygen atoms in total. The number of nitrogens with zero attached hydrogens (tertiary/aromatic N) is 2. The topological polar surface area (TPSA) is 72.2 Å². The fourth-order valence-electron chi connectivity index (χ4n) is 2.09. The van der Waals surface area contributed by atoms with Gasteiger partial charge in [-0.1, -0.05) is 6.58 Å². The first-order valence-corrected chi connectivity index (χ1v) is 6.80. The number of rotatable bonds is 8. The summed E-state index contributed by atoms with van der Waals surface area (Å²) in [6.45, 7) is 5.70. The summed E-state index contributed by atoms with van der Waals surface area (Å²) in [4.78, 5) is 21.2. The van der Waals surface area contributed by atoms with E-state index < -0.39 is 4.92 Å². The molecule has 21 heavy (non-hydrogen) atoms. The van der Waals surface area contributed by atoms with Crippen molar-refractivity contribution in [2.24, 2.45) is 0 Å². The highest BCUT2D eigenvalue weighted by Crippen LogP contribution is 2.15. The highest BCUT2D eigenvalue weighted by atomic mass is 16.6. The van der Waals surface area contributed by atoms with E-state index in [0.29, 0.717) is 6.54 Å². The van der Waals surface area contributed by atoms with E-state index in [2.05, 4.69) is 26.0 Å². The molecule has 1 aromatic rings. The standard InChI is InChI=1S/C15H21N3O3/c1-4-15(19)16-10-5-11-18(2,3)12-13-6-8-14(9-7-13)17(20)21/h4,6-9H,1,5,10-12H2,2-3H3/p+1. The van der Waals surface area contributed by atoms with Crippen LogP contribution in [0.1, 0.15) is 12.0 Å². The molecule has 0 bridgehead atoms. The molecular formula is C15H22N3O3+. The van der Waals surface area contributed by atoms with Crippen molar-refractivity contribution < 1.29 is 14.2 Å². The molecule has 0 atom stereocenters. The van der Waals surface area contributed by atoms with Crippen LogP contribution >= 0.6 is 0 Å². The minimum atomic E-state index is -0.397. The molecule has 0 radical (unpaired) electrons. The molecule has 1 N–H and O–H groups in total. The molecule has 0 saturated heterocycles. The van der Waals surface area contributed by atoms with Crippen molar-refractivity contribution >= 4 is 11.6 Å². The van der Waals surface area contributed by atoms with Crippen LogP contribution in [-0.2, 0) is 11.3 Å². The van der Waals surface area contributed by atoms with Gasteiger partial charge in [-0.3, -0.25) is 14.9 Å². The van der Waals surface area contributed by atoms with E-state index in [0.717, 1.165) is 29.6 Å². The van der Waals surface area contributed by atoms with Crippen LogP contribution in [0.3, 0.4) is 0 Å². The third-order valence-corrected chi connectivity index (χ3v) is 3.18. The third kappa shape index (κ3) is 6.18. The van der Waals surface area contributed by atoms with Crippen molar-refractivity contribution in [3.63, 3.8) is 0 Å². The lowest BCUT2D eigenvalue weighted by molar-refractivity contribution is -0.903. The Morgan fingerprint density at radius 3 is 2.52 bits per heavy atom. The van der Waals surface area contributed by atoms with Crippen molar-refractivity contribution in [3.8, 4) is 0 Å². The lowest BCUT2D eigenvalue weighted by atomic mass is 10.1. The lowest BCUT2D eigenvalue weighted by Crippen LogP contribution is -2.40. The minimum absolute atomic E-state index is 0.108. The maximum Gasteiger partial charge on any atom is 0.269 e. The Morgan fingerprint density at radius 2 is 2.00 bits per heavy atom. The summed E-state index contributed by atoms with van der Waals surface area (Å²) in [7, 11) is 4.19. The zero-order valence-electron chi connectivity index (χ0n) is 12.5. The third-order valence-electron chi connectivity index (χ3n) is 3.18. The largest absolute Gasteiger partial charge is 0.352 e. The Labute approximate surface area is 124 Å². The van der Waals surface area contributed by atoms with Gasteiger partial charge in [0, 0.05) is 30.7 Å². The SMILES string of the molecule is C=CC(=O)NCCC[N+](C)(C)Cc1ccc([N+](=O)[O-])cc1. The average Bonchev–Trinajstić information content (AvgIpc) is 2.43. The van der Waals surface area contributed by atoms with Crippen LogP contribution in [-0.4, -0.2) is 42.5 Å². The predicted molar refractivity (Wildman–Crippen MR) is 81.6 cm³/mol. The number of hydrogen-bond donors (Lipinski definition) is 1. The van der Waals surface area contributed by atoms with Gasteiger partial charge in [-0.15, -0.1) is 0 Å². The van der Waals surface area contributed by atoms with E-state index in [-0.39, 0.29) is 11.6 Å². The fourth-order valence-corrected chi connectivity index (χ4v) is 2.09. The number of carbonyl (C=O) groups is 1. The van der Waals surface area contributed by atoms with Gasteiger partial charge in [0.05, 0.1) is 25.6 Å². The number of nitro groups is 1. The second-order valence-electron chi connectivity index (χ2n) is 5.59. The monoisotopic (exact) mass is 292 g/mol. The van der Waals surface area contributed by atoms with Crippen molar-refractivity contribution in [2.45, 2.75) is 13.0 Å². The van der Waals surface area contributed by atoms with E-state index in [1.807, 2.05) is 0 Å². The number of nitrogens with one attached hydrogen (secondary N) is 1. The Hall–Kier alpha value is -2.21. The molecule has 0 aliphatic heterocycles. The van der Waals surface area contributed by atoms with Crippen molar-refractivity contribution in [1.82, 2.24) is 5.32 Å². The molecule has 1 rings (SSSR count). The molecule has 0 heterocycles. The van der Waals surface area contributed by atoms with Crippen LogP contribution in [0.25, 0.3) is 0 Å². The molecule has 0 spiro atoms. The molecule has 1 amide bonds. The van der Waals surface area contributed by atoms with Gasteiger partial charge < -0.3 is 9.80 Å². The Bertz CT molecular complexity index is 509. The number of hydrogen-bond acceptors (Lipinski definition) is 3. The minimum Gasteiger partial charge on any atom is -0.352 e. The molecule has 6 heteroatoms. The summed E-state index contributed by atoms with van der Waals surface area (Å²) in [5, 5.41) is 13.4. The van der Waals surface area contributed by atoms with E-state index in [1.165, 1.54) is 18.2 Å². The molecule has 0 unspecified atom stereocenters. The molecule has 1 aromatic carbocycles. The normalized spacial score (nSPS) is 11.0. The van der Waals surface area contributed by atoms with Gasteiger partial charge in [0.2, 0.25) is 5.91 Å². The van der Waals surface area contributed by atoms with Crippen molar-refractivity contribution in [1.29, 1.82) is 0 Å². The number of nitro benzene ring substituents is 1.